The lowest BCUT2D eigenvalue weighted by atomic mass is 10.2. The Morgan fingerprint density at radius 3 is 2.67 bits per heavy atom. The van der Waals surface area contributed by atoms with E-state index in [9.17, 15) is 4.79 Å². The minimum absolute atomic E-state index is 0.106. The number of aromatic nitrogens is 6. The molecule has 33 heavy (non-hydrogen) atoms. The van der Waals surface area contributed by atoms with Crippen molar-refractivity contribution in [3.05, 3.63) is 53.8 Å². The van der Waals surface area contributed by atoms with Gasteiger partial charge in [0.1, 0.15) is 5.82 Å². The van der Waals surface area contributed by atoms with Crippen molar-refractivity contribution in [1.29, 1.82) is 0 Å². The minimum atomic E-state index is -2.73. The van der Waals surface area contributed by atoms with Crippen molar-refractivity contribution in [3.63, 3.8) is 0 Å². The van der Waals surface area contributed by atoms with E-state index in [1.54, 1.807) is 25.3 Å². The first kappa shape index (κ1) is 18.0. The fraction of sp³-hybridized carbons (Fsp3) is 0.190. The molecule has 0 unspecified atom stereocenters. The van der Waals surface area contributed by atoms with Crippen molar-refractivity contribution < 1.29 is 18.2 Å². The van der Waals surface area contributed by atoms with Crippen LogP contribution in [0.25, 0.3) is 11.4 Å². The number of amides is 1. The van der Waals surface area contributed by atoms with Gasteiger partial charge >= 0.3 is 0 Å². The quantitative estimate of drug-likeness (QED) is 0.381. The van der Waals surface area contributed by atoms with E-state index in [0.29, 0.717) is 17.3 Å². The van der Waals surface area contributed by atoms with Crippen molar-refractivity contribution in [2.24, 2.45) is 0 Å². The van der Waals surface area contributed by atoms with Crippen LogP contribution in [0.3, 0.4) is 0 Å². The van der Waals surface area contributed by atoms with Gasteiger partial charge < -0.3 is 25.2 Å². The van der Waals surface area contributed by atoms with Crippen LogP contribution in [0, 0.1) is 13.8 Å². The molecule has 168 valence electrons. The summed E-state index contributed by atoms with van der Waals surface area (Å²) in [6.45, 7) is 0.827. The van der Waals surface area contributed by atoms with Crippen molar-refractivity contribution in [3.8, 4) is 17.1 Å². The second-order valence-electron chi connectivity index (χ2n) is 6.79. The Bertz CT molecular complexity index is 1410. The van der Waals surface area contributed by atoms with Gasteiger partial charge in [-0.3, -0.25) is 4.79 Å². The third-order valence-electron chi connectivity index (χ3n) is 4.42. The van der Waals surface area contributed by atoms with Gasteiger partial charge in [-0.05, 0) is 30.7 Å². The van der Waals surface area contributed by atoms with E-state index in [1.165, 1.54) is 19.4 Å². The molecule has 12 heteroatoms. The maximum Gasteiger partial charge on any atom is 0.273 e. The molecular weight excluding hydrogens is 426 g/mol. The predicted octanol–water partition coefficient (Wildman–Crippen LogP) is 2.79. The number of rotatable bonds is 7. The zero-order chi connectivity index (χ0) is 25.9. The maximum absolute atomic E-state index is 12.7. The first-order valence-electron chi connectivity index (χ1n) is 11.1. The molecule has 0 aliphatic carbocycles. The average Bonchev–Trinajstić information content (AvgIpc) is 3.24. The fourth-order valence-corrected chi connectivity index (χ4v) is 2.97. The van der Waals surface area contributed by atoms with E-state index in [2.05, 4.69) is 40.9 Å². The minimum Gasteiger partial charge on any atom is -0.492 e. The smallest absolute Gasteiger partial charge is 0.273 e. The summed E-state index contributed by atoms with van der Waals surface area (Å²) in [6.07, 6.45) is 3.11. The van der Waals surface area contributed by atoms with Crippen LogP contribution >= 0.6 is 0 Å². The first-order chi connectivity index (χ1) is 17.1. The molecule has 12 nitrogen and oxygen atoms in total. The number of hydrogen-bond donors (Lipinski definition) is 3. The molecule has 4 aromatic rings. The summed E-state index contributed by atoms with van der Waals surface area (Å²) in [5, 5.41) is 19.7. The first-order valence-corrected chi connectivity index (χ1v) is 9.63. The zero-order valence-corrected chi connectivity index (χ0v) is 17.9. The maximum atomic E-state index is 12.7. The largest absolute Gasteiger partial charge is 0.492 e. The molecule has 3 N–H and O–H groups in total. The van der Waals surface area contributed by atoms with Crippen LogP contribution < -0.4 is 20.7 Å². The molecule has 0 radical (unpaired) electrons. The van der Waals surface area contributed by atoms with Gasteiger partial charge in [-0.2, -0.15) is 4.98 Å². The summed E-state index contributed by atoms with van der Waals surface area (Å²) in [5.41, 5.74) is 1.27. The summed E-state index contributed by atoms with van der Waals surface area (Å²) < 4.78 is 32.7. The van der Waals surface area contributed by atoms with Gasteiger partial charge in [0.05, 0.1) is 18.4 Å². The molecule has 0 atom stereocenters. The molecule has 4 aromatic heterocycles. The highest BCUT2D eigenvalue weighted by atomic mass is 16.5. The van der Waals surface area contributed by atoms with Gasteiger partial charge in [0, 0.05) is 36.5 Å². The Labute approximate surface area is 193 Å². The number of anilines is 4. The Morgan fingerprint density at radius 1 is 1.09 bits per heavy atom. The van der Waals surface area contributed by atoms with E-state index in [0.717, 1.165) is 5.56 Å². The molecule has 0 saturated heterocycles. The van der Waals surface area contributed by atoms with Crippen molar-refractivity contribution in [2.45, 2.75) is 13.8 Å². The van der Waals surface area contributed by atoms with Gasteiger partial charge in [0.15, 0.2) is 23.1 Å². The van der Waals surface area contributed by atoms with Gasteiger partial charge in [0.2, 0.25) is 11.7 Å². The van der Waals surface area contributed by atoms with E-state index in [-0.39, 0.29) is 34.6 Å². The molecule has 4 rings (SSSR count). The van der Waals surface area contributed by atoms with Gasteiger partial charge in [-0.1, -0.05) is 5.16 Å². The molecule has 0 spiro atoms. The molecule has 0 aliphatic heterocycles. The molecule has 0 saturated carbocycles. The highest BCUT2D eigenvalue weighted by Crippen LogP contribution is 2.35. The molecule has 0 aliphatic rings. The number of methoxy groups -OCH3 is 1. The number of nitrogens with zero attached hydrogens (tertiary/aromatic N) is 6. The van der Waals surface area contributed by atoms with Crippen molar-refractivity contribution in [1.82, 2.24) is 35.6 Å². The molecule has 0 fully saturated rings. The van der Waals surface area contributed by atoms with Crippen LogP contribution in [0.15, 0.2) is 41.2 Å². The third-order valence-corrected chi connectivity index (χ3v) is 4.42. The van der Waals surface area contributed by atoms with Crippen LogP contribution in [0.2, 0.25) is 0 Å². The summed E-state index contributed by atoms with van der Waals surface area (Å²) in [6, 6.07) is 6.74. The summed E-state index contributed by atoms with van der Waals surface area (Å²) in [7, 11) is 1.43. The molecule has 1 amide bonds. The number of aryl methyl sites for hydroxylation is 2. The highest BCUT2D eigenvalue weighted by Gasteiger charge is 2.20. The second-order valence-corrected chi connectivity index (χ2v) is 6.79. The van der Waals surface area contributed by atoms with Crippen LogP contribution in [0.1, 0.15) is 26.1 Å². The SMILES string of the molecule is [2H]C([2H])([2H])NC(=O)c1nnc(Nc2cc(C)ccn2)cc1Nc1nccc(-c2noc(C)n2)c1OC. The average molecular weight is 450 g/mol. The lowest BCUT2D eigenvalue weighted by Crippen LogP contribution is -2.21. The van der Waals surface area contributed by atoms with Crippen molar-refractivity contribution in [2.75, 3.05) is 24.7 Å². The highest BCUT2D eigenvalue weighted by molar-refractivity contribution is 5.98. The number of nitrogens with one attached hydrogen (secondary N) is 3. The number of carbonyl (C=O) groups is 1. The van der Waals surface area contributed by atoms with Crippen LogP contribution in [0.4, 0.5) is 23.1 Å². The summed E-state index contributed by atoms with van der Waals surface area (Å²) in [5.74, 6) is 0.857. The van der Waals surface area contributed by atoms with E-state index >= 15 is 0 Å². The van der Waals surface area contributed by atoms with E-state index < -0.39 is 12.9 Å². The normalized spacial score (nSPS) is 12.3. The lowest BCUT2D eigenvalue weighted by Gasteiger charge is -2.15. The third kappa shape index (κ3) is 4.69. The molecule has 0 aromatic carbocycles. The van der Waals surface area contributed by atoms with E-state index in [4.69, 9.17) is 13.4 Å². The van der Waals surface area contributed by atoms with Crippen molar-refractivity contribution >= 4 is 29.0 Å². The van der Waals surface area contributed by atoms with Crippen LogP contribution in [-0.4, -0.2) is 50.3 Å². The number of pyridine rings is 2. The monoisotopic (exact) mass is 450 g/mol. The summed E-state index contributed by atoms with van der Waals surface area (Å²) >= 11 is 0. The van der Waals surface area contributed by atoms with Gasteiger partial charge in [-0.15, -0.1) is 10.2 Å². The van der Waals surface area contributed by atoms with Crippen LogP contribution in [0.5, 0.6) is 5.75 Å². The molecule has 0 bridgehead atoms. The molecule has 4 heterocycles. The van der Waals surface area contributed by atoms with Gasteiger partial charge in [0.25, 0.3) is 5.91 Å². The summed E-state index contributed by atoms with van der Waals surface area (Å²) in [4.78, 5) is 25.4. The molecular formula is C21H21N9O3. The van der Waals surface area contributed by atoms with E-state index in [1.807, 2.05) is 18.3 Å². The Balaban J connectivity index is 1.75. The topological polar surface area (TPSA) is 153 Å². The second kappa shape index (κ2) is 9.26. The number of hydrogen-bond acceptors (Lipinski definition) is 11. The predicted molar refractivity (Wildman–Crippen MR) is 120 cm³/mol. The Morgan fingerprint density at radius 2 is 1.94 bits per heavy atom. The number of ether oxygens (including phenoxy) is 1. The Hall–Kier alpha value is -4.61. The van der Waals surface area contributed by atoms with Gasteiger partial charge in [-0.25, -0.2) is 9.97 Å². The lowest BCUT2D eigenvalue weighted by molar-refractivity contribution is 0.0958. The number of carbonyl (C=O) groups excluding carboxylic acids is 1. The Kier molecular flexibility index (Phi) is 5.05. The fourth-order valence-electron chi connectivity index (χ4n) is 2.97. The standard InChI is InChI=1S/C21H21N9O3/c1-11-5-7-23-15(9-11)27-16-10-14(17(29-28-16)21(31)22-3)26-20-18(32-4)13(6-8-24-20)19-25-12(2)33-30-19/h5-10H,1-4H3,(H,22,31)(H2,23,24,26,27,28)/i3D3. The zero-order valence-electron chi connectivity index (χ0n) is 20.9. The van der Waals surface area contributed by atoms with Crippen LogP contribution in [-0.2, 0) is 0 Å².